The van der Waals surface area contributed by atoms with Gasteiger partial charge >= 0.3 is 0 Å². The molecule has 3 aromatic rings. The number of hydrogen-bond acceptors (Lipinski definition) is 11. The summed E-state index contributed by atoms with van der Waals surface area (Å²) in [7, 11) is 0. The maximum atomic E-state index is 10.7. The van der Waals surface area contributed by atoms with Crippen molar-refractivity contribution in [1.82, 2.24) is 4.90 Å². The van der Waals surface area contributed by atoms with Gasteiger partial charge in [-0.3, -0.25) is 4.79 Å². The molecule has 0 aromatic heterocycles. The summed E-state index contributed by atoms with van der Waals surface area (Å²) in [4.78, 5) is 40.2. The van der Waals surface area contributed by atoms with Gasteiger partial charge in [-0.15, -0.1) is 0 Å². The fourth-order valence-electron chi connectivity index (χ4n) is 4.41. The number of rotatable bonds is 7. The van der Waals surface area contributed by atoms with Gasteiger partial charge in [0.05, 0.1) is 0 Å². The first-order valence-corrected chi connectivity index (χ1v) is 13.9. The first-order valence-electron chi connectivity index (χ1n) is 13.9. The van der Waals surface area contributed by atoms with E-state index in [1.807, 2.05) is 111 Å². The van der Waals surface area contributed by atoms with Gasteiger partial charge in [0.25, 0.3) is 0 Å². The minimum atomic E-state index is 0.295. The number of carbonyl (C=O) groups is 1. The van der Waals surface area contributed by atoms with Gasteiger partial charge in [0, 0.05) is 17.1 Å². The minimum absolute atomic E-state index is 0.295. The summed E-state index contributed by atoms with van der Waals surface area (Å²) in [5.74, 6) is 1.87. The zero-order chi connectivity index (χ0) is 30.3. The average Bonchev–Trinajstić information content (AvgIpc) is 3.03. The Morgan fingerprint density at radius 2 is 0.841 bits per heavy atom. The second kappa shape index (κ2) is 12.7. The maximum absolute atomic E-state index is 10.7. The lowest BCUT2D eigenvalue weighted by atomic mass is 10.2. The van der Waals surface area contributed by atoms with Crippen LogP contribution in [0.3, 0.4) is 0 Å². The van der Waals surface area contributed by atoms with Gasteiger partial charge in [-0.1, -0.05) is 66.8 Å². The average molecular weight is 581 g/mol. The summed E-state index contributed by atoms with van der Waals surface area (Å²) in [5, 5.41) is 9.74. The van der Waals surface area contributed by atoms with Crippen LogP contribution in [0.5, 0.6) is 0 Å². The van der Waals surface area contributed by atoms with E-state index in [0.29, 0.717) is 35.8 Å². The third-order valence-corrected chi connectivity index (χ3v) is 6.42. The number of aliphatic imine (C=N–C) groups is 6. The van der Waals surface area contributed by atoms with Gasteiger partial charge in [-0.25, -0.2) is 4.90 Å². The molecule has 3 aliphatic heterocycles. The van der Waals surface area contributed by atoms with E-state index in [0.717, 1.165) is 40.0 Å². The lowest BCUT2D eigenvalue weighted by Crippen LogP contribution is -2.49. The number of anilines is 3. The highest BCUT2D eigenvalue weighted by atomic mass is 16.1. The molecule has 3 heterocycles. The highest BCUT2D eigenvalue weighted by Gasteiger charge is 2.35. The fourth-order valence-corrected chi connectivity index (χ4v) is 4.41. The Balaban J connectivity index is 1.32. The number of carbonyl (C=O) groups excluding carboxylic acids is 1. The Labute approximate surface area is 254 Å². The van der Waals surface area contributed by atoms with Crippen LogP contribution in [0.1, 0.15) is 30.5 Å². The fraction of sp³-hybridized carbons (Fsp3) is 0.0606. The van der Waals surface area contributed by atoms with Crippen LogP contribution in [0.4, 0.5) is 17.1 Å². The molecule has 0 bridgehead atoms. The van der Waals surface area contributed by atoms with Crippen LogP contribution in [0.25, 0.3) is 18.2 Å². The number of allylic oxidation sites excluding steroid dienone is 3. The first kappa shape index (κ1) is 27.9. The van der Waals surface area contributed by atoms with Crippen molar-refractivity contribution in [1.29, 1.82) is 0 Å². The van der Waals surface area contributed by atoms with Crippen molar-refractivity contribution in [3.63, 3.8) is 0 Å². The molecule has 3 aliphatic rings. The second-order valence-electron chi connectivity index (χ2n) is 9.61. The van der Waals surface area contributed by atoms with Crippen LogP contribution in [-0.2, 0) is 4.79 Å². The zero-order valence-electron chi connectivity index (χ0n) is 24.0. The Morgan fingerprint density at radius 3 is 1.16 bits per heavy atom. The van der Waals surface area contributed by atoms with Crippen molar-refractivity contribution in [3.05, 3.63) is 108 Å². The van der Waals surface area contributed by atoms with Crippen molar-refractivity contribution in [3.8, 4) is 0 Å². The van der Waals surface area contributed by atoms with Crippen molar-refractivity contribution >= 4 is 77.3 Å². The molecule has 11 nitrogen and oxygen atoms in total. The minimum Gasteiger partial charge on any atom is -0.324 e. The summed E-state index contributed by atoms with van der Waals surface area (Å²) in [5.41, 5.74) is 5.45. The zero-order valence-corrected chi connectivity index (χ0v) is 24.0. The largest absolute Gasteiger partial charge is 0.324 e. The van der Waals surface area contributed by atoms with Crippen LogP contribution in [-0.4, -0.2) is 46.9 Å². The Hall–Kier alpha value is -6.23. The summed E-state index contributed by atoms with van der Waals surface area (Å²) in [6.45, 7) is 3.96. The molecule has 0 atom stereocenters. The summed E-state index contributed by atoms with van der Waals surface area (Å²) >= 11 is 0. The van der Waals surface area contributed by atoms with Crippen LogP contribution < -0.4 is 16.0 Å². The number of guanidine groups is 6. The Morgan fingerprint density at radius 1 is 0.500 bits per heavy atom. The SMILES string of the molecule is C/C=C/c1ccc(NC2=NC3=NC(Nc4ccc(/C=C/C)cc4)=NC4=NC(Nc5ccc(/C=C/C=O)cc5)=NC(=N2)N34)cc1. The van der Waals surface area contributed by atoms with E-state index < -0.39 is 0 Å². The third kappa shape index (κ3) is 6.47. The predicted octanol–water partition coefficient (Wildman–Crippen LogP) is 6.08. The quantitative estimate of drug-likeness (QED) is 0.230. The van der Waals surface area contributed by atoms with E-state index in [1.165, 1.54) is 6.08 Å². The highest BCUT2D eigenvalue weighted by Crippen LogP contribution is 2.21. The monoisotopic (exact) mass is 580 g/mol. The van der Waals surface area contributed by atoms with E-state index in [9.17, 15) is 4.79 Å². The van der Waals surface area contributed by atoms with E-state index in [2.05, 4.69) is 45.9 Å². The molecule has 0 amide bonds. The molecule has 0 fully saturated rings. The van der Waals surface area contributed by atoms with Crippen molar-refractivity contribution in [2.24, 2.45) is 30.0 Å². The van der Waals surface area contributed by atoms with Gasteiger partial charge < -0.3 is 16.0 Å². The molecule has 6 rings (SSSR count). The molecule has 0 unspecified atom stereocenters. The third-order valence-electron chi connectivity index (χ3n) is 6.42. The standard InChI is InChI=1S/C33H28N10O/c1-3-6-22-9-15-25(16-10-22)34-28-37-31-38-29(35-26-17-11-23(7-4-2)12-18-26)40-33-42-30(41-32(39-28)43(31)33)36-27-19-13-24(14-20-27)8-5-21-44/h3-21H,1-2H3,(H3,34,35,36,37,38,39,40,41,42)/b6-3+,7-4+,8-5+. The highest BCUT2D eigenvalue weighted by molar-refractivity contribution is 6.32. The van der Waals surface area contributed by atoms with Gasteiger partial charge in [0.2, 0.25) is 35.8 Å². The summed E-state index contributed by atoms with van der Waals surface area (Å²) in [6, 6.07) is 23.3. The van der Waals surface area contributed by atoms with Crippen LogP contribution >= 0.6 is 0 Å². The number of nitrogens with one attached hydrogen (secondary N) is 3. The molecule has 0 saturated heterocycles. The predicted molar refractivity (Wildman–Crippen MR) is 181 cm³/mol. The maximum Gasteiger partial charge on any atom is 0.246 e. The normalized spacial score (nSPS) is 15.6. The molecule has 0 aliphatic carbocycles. The summed E-state index contributed by atoms with van der Waals surface area (Å²) in [6.07, 6.45) is 12.0. The van der Waals surface area contributed by atoms with Gasteiger partial charge in [0.1, 0.15) is 6.29 Å². The topological polar surface area (TPSA) is 131 Å². The van der Waals surface area contributed by atoms with E-state index in [-0.39, 0.29) is 0 Å². The molecule has 0 saturated carbocycles. The number of nitrogens with zero attached hydrogens (tertiary/aromatic N) is 7. The van der Waals surface area contributed by atoms with Crippen LogP contribution in [0.2, 0.25) is 0 Å². The van der Waals surface area contributed by atoms with Gasteiger partial charge in [0.15, 0.2) is 0 Å². The molecular weight excluding hydrogens is 552 g/mol. The van der Waals surface area contributed by atoms with Crippen molar-refractivity contribution < 1.29 is 4.79 Å². The number of aldehydes is 1. The lowest BCUT2D eigenvalue weighted by molar-refractivity contribution is -0.104. The smallest absolute Gasteiger partial charge is 0.246 e. The molecule has 44 heavy (non-hydrogen) atoms. The van der Waals surface area contributed by atoms with Crippen molar-refractivity contribution in [2.45, 2.75) is 13.8 Å². The number of hydrogen-bond donors (Lipinski definition) is 3. The van der Waals surface area contributed by atoms with E-state index >= 15 is 0 Å². The molecule has 3 N–H and O–H groups in total. The molecule has 11 heteroatoms. The Kier molecular flexibility index (Phi) is 8.08. The van der Waals surface area contributed by atoms with E-state index in [4.69, 9.17) is 0 Å². The van der Waals surface area contributed by atoms with Gasteiger partial charge in [-0.2, -0.15) is 30.0 Å². The van der Waals surface area contributed by atoms with Crippen molar-refractivity contribution in [2.75, 3.05) is 16.0 Å². The van der Waals surface area contributed by atoms with Crippen LogP contribution in [0, 0.1) is 0 Å². The molecule has 3 aromatic carbocycles. The summed E-state index contributed by atoms with van der Waals surface area (Å²) < 4.78 is 0. The first-order chi connectivity index (χ1) is 21.6. The molecule has 0 radical (unpaired) electrons. The second-order valence-corrected chi connectivity index (χ2v) is 9.61. The molecule has 216 valence electrons. The number of benzene rings is 3. The lowest BCUT2D eigenvalue weighted by Gasteiger charge is -2.30. The molecule has 0 spiro atoms. The van der Waals surface area contributed by atoms with Crippen LogP contribution in [0.15, 0.2) is 121 Å². The van der Waals surface area contributed by atoms with Gasteiger partial charge in [-0.05, 0) is 73.0 Å². The Bertz CT molecular complexity index is 1780. The molecular formula is C33H28N10O. The van der Waals surface area contributed by atoms with E-state index in [1.54, 1.807) is 11.0 Å².